The average molecular weight is 462 g/mol. The van der Waals surface area contributed by atoms with E-state index < -0.39 is 33.3 Å². The van der Waals surface area contributed by atoms with Crippen LogP contribution in [0.2, 0.25) is 0 Å². The van der Waals surface area contributed by atoms with Gasteiger partial charge in [0.1, 0.15) is 10.0 Å². The number of halogens is 4. The normalized spacial score (nSPS) is 13.3. The number of carboxylic acid groups (broad SMARTS) is 1. The Balaban J connectivity index is 0.000000542. The van der Waals surface area contributed by atoms with E-state index in [0.29, 0.717) is 7.11 Å². The summed E-state index contributed by atoms with van der Waals surface area (Å²) in [7, 11) is -2.91. The molecule has 0 radical (unpaired) electrons. The van der Waals surface area contributed by atoms with Crippen LogP contribution >= 0.6 is 11.8 Å². The number of carboxylic acids is 1. The molecule has 0 fully saturated rings. The van der Waals surface area contributed by atoms with Gasteiger partial charge in [-0.3, -0.25) is 11.8 Å². The van der Waals surface area contributed by atoms with E-state index in [1.54, 1.807) is 12.1 Å². The number of methoxy groups -OCH3 is 1. The molecule has 0 amide bonds. The largest absolute Gasteiger partial charge is 1.00 e. The third-order valence-corrected chi connectivity index (χ3v) is 5.19. The van der Waals surface area contributed by atoms with Crippen LogP contribution in [0.25, 0.3) is 4.24 Å². The first-order valence-corrected chi connectivity index (χ1v) is 9.26. The van der Waals surface area contributed by atoms with Crippen molar-refractivity contribution in [2.45, 2.75) is 23.6 Å². The van der Waals surface area contributed by atoms with Gasteiger partial charge in [0, 0.05) is 17.6 Å². The van der Waals surface area contributed by atoms with Crippen LogP contribution in [0.15, 0.2) is 59.5 Å². The minimum Gasteiger partial charge on any atom is -0.479 e. The molecule has 1 atom stereocenters. The molecule has 12 heteroatoms. The van der Waals surface area contributed by atoms with Crippen molar-refractivity contribution in [1.82, 2.24) is 0 Å². The monoisotopic (exact) mass is 461 g/mol. The number of carbonyl (C=O) groups is 1. The Kier molecular flexibility index (Phi) is 10.9. The van der Waals surface area contributed by atoms with Gasteiger partial charge in [0.05, 0.1) is 0 Å². The molecule has 0 aromatic heterocycles. The first kappa shape index (κ1) is 27.9. The van der Waals surface area contributed by atoms with Crippen molar-refractivity contribution in [2.24, 2.45) is 0 Å². The van der Waals surface area contributed by atoms with E-state index in [-0.39, 0.29) is 34.5 Å². The summed E-state index contributed by atoms with van der Waals surface area (Å²) < 4.78 is 67.4. The van der Waals surface area contributed by atoms with Gasteiger partial charge >= 0.3 is 41.7 Å². The summed E-state index contributed by atoms with van der Waals surface area (Å²) >= 11 is 4.90. The Bertz CT molecular complexity index is 896. The summed E-state index contributed by atoms with van der Waals surface area (Å²) in [5.41, 5.74) is -2.78. The molecule has 0 saturated heterocycles. The van der Waals surface area contributed by atoms with Gasteiger partial charge in [-0.1, -0.05) is 48.0 Å². The third kappa shape index (κ3) is 6.68. The summed E-state index contributed by atoms with van der Waals surface area (Å²) in [6.45, 7) is 1.87. The Morgan fingerprint density at radius 3 is 1.90 bits per heavy atom. The van der Waals surface area contributed by atoms with Crippen LogP contribution in [-0.2, 0) is 25.2 Å². The van der Waals surface area contributed by atoms with Gasteiger partial charge in [-0.05, 0) is 19.1 Å². The van der Waals surface area contributed by atoms with Gasteiger partial charge in [0.25, 0.3) is 5.60 Å². The SMILES string of the molecule is COC(C(=O)O)(c1ccccc1)C(F)(F)F.Cc1ccc(S(=O)(=O)[N-]Cl)cc1.[Na+]. The number of benzene rings is 2. The second-order valence-corrected chi connectivity index (χ2v) is 7.38. The van der Waals surface area contributed by atoms with Gasteiger partial charge in [-0.15, -0.1) is 0 Å². The minimum atomic E-state index is -5.03. The van der Waals surface area contributed by atoms with Crippen LogP contribution in [0.5, 0.6) is 0 Å². The number of sulfonamides is 1. The smallest absolute Gasteiger partial charge is 0.479 e. The van der Waals surface area contributed by atoms with Crippen molar-refractivity contribution in [3.63, 3.8) is 0 Å². The van der Waals surface area contributed by atoms with Gasteiger partial charge in [-0.2, -0.15) is 13.2 Å². The molecule has 1 N–H and O–H groups in total. The van der Waals surface area contributed by atoms with Crippen LogP contribution < -0.4 is 29.6 Å². The fraction of sp³-hybridized carbons (Fsp3) is 0.235. The molecule has 0 aliphatic carbocycles. The van der Waals surface area contributed by atoms with E-state index in [1.165, 1.54) is 30.3 Å². The summed E-state index contributed by atoms with van der Waals surface area (Å²) in [6, 6.07) is 12.6. The molecule has 0 saturated carbocycles. The predicted molar refractivity (Wildman–Crippen MR) is 96.4 cm³/mol. The van der Waals surface area contributed by atoms with Crippen molar-refractivity contribution < 1.29 is 65.8 Å². The van der Waals surface area contributed by atoms with E-state index in [1.807, 2.05) is 6.92 Å². The quantitative estimate of drug-likeness (QED) is 0.679. The first-order valence-electron chi connectivity index (χ1n) is 7.48. The standard InChI is InChI=1S/C10H9F3O3.C7H7ClNO2S.Na/c1-16-9(8(14)15,10(11,12)13)7-5-3-2-4-6-7;1-6-2-4-7(5-3-6)12(10,11)9-8;/h2-6H,1H3,(H,14,15);2-5H,1H3;/q;-1;+1. The Morgan fingerprint density at radius 2 is 1.55 bits per heavy atom. The average Bonchev–Trinajstić information content (AvgIpc) is 2.63. The Labute approximate surface area is 193 Å². The van der Waals surface area contributed by atoms with Crippen LogP contribution in [0, 0.1) is 6.92 Å². The molecule has 0 aliphatic heterocycles. The second kappa shape index (κ2) is 11.3. The molecule has 6 nitrogen and oxygen atoms in total. The first-order chi connectivity index (χ1) is 12.9. The third-order valence-electron chi connectivity index (χ3n) is 3.60. The van der Waals surface area contributed by atoms with Crippen LogP contribution in [0.3, 0.4) is 0 Å². The van der Waals surface area contributed by atoms with Crippen LogP contribution in [0.4, 0.5) is 13.2 Å². The number of nitrogens with zero attached hydrogens (tertiary/aromatic N) is 1. The van der Waals surface area contributed by atoms with Gasteiger partial charge in [-0.25, -0.2) is 13.2 Å². The van der Waals surface area contributed by atoms with E-state index in [2.05, 4.69) is 8.98 Å². The summed E-state index contributed by atoms with van der Waals surface area (Å²) in [5, 5.41) is 8.77. The topological polar surface area (TPSA) is 94.8 Å². The summed E-state index contributed by atoms with van der Waals surface area (Å²) in [5.74, 6) is -2.09. The fourth-order valence-corrected chi connectivity index (χ4v) is 2.95. The summed E-state index contributed by atoms with van der Waals surface area (Å²) in [4.78, 5) is 11.0. The second-order valence-electron chi connectivity index (χ2n) is 5.41. The van der Waals surface area contributed by atoms with Crippen molar-refractivity contribution in [3.05, 3.63) is 70.0 Å². The molecule has 0 heterocycles. The number of alkyl halides is 3. The van der Waals surface area contributed by atoms with Crippen molar-refractivity contribution in [3.8, 4) is 0 Å². The summed E-state index contributed by atoms with van der Waals surface area (Å²) in [6.07, 6.45) is -5.03. The molecule has 1 unspecified atom stereocenters. The number of rotatable bonds is 5. The molecule has 29 heavy (non-hydrogen) atoms. The van der Waals surface area contributed by atoms with Crippen molar-refractivity contribution in [2.75, 3.05) is 7.11 Å². The molecule has 0 aliphatic rings. The molecular formula is C17H16ClF3NNaO5S. The maximum absolute atomic E-state index is 12.8. The predicted octanol–water partition coefficient (Wildman–Crippen LogP) is 1.39. The molecular weight excluding hydrogens is 446 g/mol. The molecule has 2 aromatic carbocycles. The molecule has 2 aromatic rings. The number of hydrogen-bond acceptors (Lipinski definition) is 4. The van der Waals surface area contributed by atoms with Crippen LogP contribution in [0.1, 0.15) is 11.1 Å². The zero-order valence-corrected chi connectivity index (χ0v) is 19.2. The zero-order valence-electron chi connectivity index (χ0n) is 15.6. The molecule has 154 valence electrons. The minimum absolute atomic E-state index is 0. The van der Waals surface area contributed by atoms with E-state index in [9.17, 15) is 26.4 Å². The van der Waals surface area contributed by atoms with E-state index >= 15 is 0 Å². The fourth-order valence-electron chi connectivity index (χ4n) is 2.15. The molecule has 0 bridgehead atoms. The Hall–Kier alpha value is -1.14. The number of ether oxygens (including phenoxy) is 1. The van der Waals surface area contributed by atoms with E-state index in [0.717, 1.165) is 17.7 Å². The number of hydrogen-bond donors (Lipinski definition) is 1. The number of aryl methyl sites for hydroxylation is 1. The zero-order chi connectivity index (χ0) is 21.6. The van der Waals surface area contributed by atoms with Crippen LogP contribution in [-0.4, -0.2) is 32.8 Å². The maximum atomic E-state index is 12.8. The molecule has 2 rings (SSSR count). The maximum Gasteiger partial charge on any atom is 1.00 e. The molecule has 0 spiro atoms. The van der Waals surface area contributed by atoms with E-state index in [4.69, 9.17) is 16.9 Å². The van der Waals surface area contributed by atoms with Crippen molar-refractivity contribution >= 4 is 27.8 Å². The Morgan fingerprint density at radius 1 is 1.07 bits per heavy atom. The van der Waals surface area contributed by atoms with Crippen molar-refractivity contribution in [1.29, 1.82) is 0 Å². The van der Waals surface area contributed by atoms with Gasteiger partial charge < -0.3 is 14.1 Å². The number of aliphatic carboxylic acids is 1. The van der Waals surface area contributed by atoms with Gasteiger partial charge in [0.15, 0.2) is 0 Å². The van der Waals surface area contributed by atoms with Gasteiger partial charge in [0.2, 0.25) is 0 Å².